The Labute approximate surface area is 143 Å². The van der Waals surface area contributed by atoms with Crippen LogP contribution in [0, 0.1) is 11.8 Å². The number of likely N-dealkylation sites (tertiary alicyclic amines) is 1. The third kappa shape index (κ3) is 2.98. The molecular weight excluding hydrogens is 310 g/mol. The summed E-state index contributed by atoms with van der Waals surface area (Å²) in [5.41, 5.74) is 7.36. The first-order valence-electron chi connectivity index (χ1n) is 8.29. The van der Waals surface area contributed by atoms with Crippen molar-refractivity contribution >= 4 is 29.2 Å². The number of halogens is 1. The first kappa shape index (κ1) is 16.3. The summed E-state index contributed by atoms with van der Waals surface area (Å²) in [6.07, 6.45) is 4.98. The number of carbonyl (C=O) groups excluding carboxylic acids is 1. The predicted octanol–water partition coefficient (Wildman–Crippen LogP) is 2.65. The van der Waals surface area contributed by atoms with Crippen molar-refractivity contribution in [3.63, 3.8) is 0 Å². The number of rotatable bonds is 3. The van der Waals surface area contributed by atoms with Crippen LogP contribution in [0.5, 0.6) is 0 Å². The molecular formula is C18H24ClN3O. The van der Waals surface area contributed by atoms with Gasteiger partial charge in [0.1, 0.15) is 0 Å². The molecule has 3 unspecified atom stereocenters. The zero-order chi connectivity index (χ0) is 15.1. The summed E-state index contributed by atoms with van der Waals surface area (Å²) in [4.78, 5) is 14.5. The Bertz CT molecular complexity index is 698. The number of amides is 1. The Morgan fingerprint density at radius 2 is 2.00 bits per heavy atom. The third-order valence-electron chi connectivity index (χ3n) is 5.51. The zero-order valence-electron chi connectivity index (χ0n) is 13.2. The van der Waals surface area contributed by atoms with E-state index < -0.39 is 0 Å². The van der Waals surface area contributed by atoms with Crippen LogP contribution in [-0.4, -0.2) is 34.5 Å². The Hall–Kier alpha value is -1.52. The number of para-hydroxylation sites is 1. The van der Waals surface area contributed by atoms with E-state index in [-0.39, 0.29) is 18.3 Å². The molecule has 5 heteroatoms. The number of benzene rings is 1. The first-order chi connectivity index (χ1) is 10.7. The molecule has 1 aliphatic carbocycles. The molecule has 2 N–H and O–H groups in total. The molecule has 2 heterocycles. The van der Waals surface area contributed by atoms with Crippen molar-refractivity contribution in [3.05, 3.63) is 36.5 Å². The quantitative estimate of drug-likeness (QED) is 0.938. The molecule has 0 radical (unpaired) electrons. The molecule has 4 rings (SSSR count). The minimum absolute atomic E-state index is 0. The molecule has 0 bridgehead atoms. The molecule has 1 amide bonds. The van der Waals surface area contributed by atoms with Crippen LogP contribution < -0.4 is 5.73 Å². The lowest BCUT2D eigenvalue weighted by atomic mass is 9.98. The molecule has 1 saturated heterocycles. The standard InChI is InChI=1S/C18H23N3O.ClH/c19-16-6-5-14-11-21(12-15(14)16)18(22)8-10-20-9-7-13-3-1-2-4-17(13)20;/h1-4,7,9,14-16H,5-6,8,10-12,19H2;1H. The van der Waals surface area contributed by atoms with Crippen LogP contribution in [0.2, 0.25) is 0 Å². The average molecular weight is 334 g/mol. The highest BCUT2D eigenvalue weighted by Crippen LogP contribution is 2.37. The van der Waals surface area contributed by atoms with Gasteiger partial charge in [-0.25, -0.2) is 0 Å². The van der Waals surface area contributed by atoms with E-state index in [4.69, 9.17) is 5.73 Å². The van der Waals surface area contributed by atoms with Crippen molar-refractivity contribution in [1.29, 1.82) is 0 Å². The van der Waals surface area contributed by atoms with Gasteiger partial charge in [-0.05, 0) is 42.2 Å². The molecule has 1 aromatic heterocycles. The molecule has 2 fully saturated rings. The summed E-state index contributed by atoms with van der Waals surface area (Å²) < 4.78 is 2.18. The summed E-state index contributed by atoms with van der Waals surface area (Å²) in [7, 11) is 0. The second-order valence-electron chi connectivity index (χ2n) is 6.78. The van der Waals surface area contributed by atoms with Gasteiger partial charge in [-0.3, -0.25) is 4.79 Å². The highest BCUT2D eigenvalue weighted by molar-refractivity contribution is 5.85. The lowest BCUT2D eigenvalue weighted by molar-refractivity contribution is -0.130. The van der Waals surface area contributed by atoms with Crippen molar-refractivity contribution in [2.75, 3.05) is 13.1 Å². The SMILES string of the molecule is Cl.NC1CCC2CN(C(=O)CCn3ccc4ccccc43)CC12. The molecule has 1 aromatic carbocycles. The summed E-state index contributed by atoms with van der Waals surface area (Å²) in [5, 5.41) is 1.23. The summed E-state index contributed by atoms with van der Waals surface area (Å²) >= 11 is 0. The van der Waals surface area contributed by atoms with Crippen molar-refractivity contribution in [1.82, 2.24) is 9.47 Å². The maximum Gasteiger partial charge on any atom is 0.224 e. The maximum atomic E-state index is 12.5. The van der Waals surface area contributed by atoms with Crippen molar-refractivity contribution < 1.29 is 4.79 Å². The van der Waals surface area contributed by atoms with Gasteiger partial charge in [0.05, 0.1) is 0 Å². The predicted molar refractivity (Wildman–Crippen MR) is 94.6 cm³/mol. The zero-order valence-corrected chi connectivity index (χ0v) is 14.0. The number of hydrogen-bond acceptors (Lipinski definition) is 2. The topological polar surface area (TPSA) is 51.3 Å². The minimum Gasteiger partial charge on any atom is -0.347 e. The van der Waals surface area contributed by atoms with E-state index in [0.29, 0.717) is 24.3 Å². The van der Waals surface area contributed by atoms with Crippen LogP contribution in [0.4, 0.5) is 0 Å². The fourth-order valence-corrected chi connectivity index (χ4v) is 4.22. The van der Waals surface area contributed by atoms with Gasteiger partial charge in [-0.1, -0.05) is 18.2 Å². The number of aromatic nitrogens is 1. The van der Waals surface area contributed by atoms with E-state index in [1.807, 2.05) is 17.0 Å². The number of carbonyl (C=O) groups is 1. The van der Waals surface area contributed by atoms with Gasteiger partial charge < -0.3 is 15.2 Å². The molecule has 2 aromatic rings. The lowest BCUT2D eigenvalue weighted by Gasteiger charge is -2.19. The fraction of sp³-hybridized carbons (Fsp3) is 0.500. The van der Waals surface area contributed by atoms with E-state index >= 15 is 0 Å². The van der Waals surface area contributed by atoms with E-state index in [1.165, 1.54) is 17.3 Å². The molecule has 3 atom stereocenters. The molecule has 124 valence electrons. The second-order valence-corrected chi connectivity index (χ2v) is 6.78. The Balaban J connectivity index is 0.00000156. The third-order valence-corrected chi connectivity index (χ3v) is 5.51. The summed E-state index contributed by atoms with van der Waals surface area (Å²) in [6.45, 7) is 2.55. The molecule has 0 spiro atoms. The van der Waals surface area contributed by atoms with Crippen molar-refractivity contribution in [2.24, 2.45) is 17.6 Å². The van der Waals surface area contributed by atoms with E-state index in [0.717, 1.165) is 26.1 Å². The summed E-state index contributed by atoms with van der Waals surface area (Å²) in [5.74, 6) is 1.46. The van der Waals surface area contributed by atoms with Crippen molar-refractivity contribution in [3.8, 4) is 0 Å². The number of hydrogen-bond donors (Lipinski definition) is 1. The molecule has 1 saturated carbocycles. The van der Waals surface area contributed by atoms with Crippen LogP contribution in [0.25, 0.3) is 10.9 Å². The van der Waals surface area contributed by atoms with Crippen LogP contribution in [0.15, 0.2) is 36.5 Å². The Morgan fingerprint density at radius 3 is 2.83 bits per heavy atom. The highest BCUT2D eigenvalue weighted by atomic mass is 35.5. The largest absolute Gasteiger partial charge is 0.347 e. The normalized spacial score (nSPS) is 26.3. The smallest absolute Gasteiger partial charge is 0.224 e. The van der Waals surface area contributed by atoms with E-state index in [9.17, 15) is 4.79 Å². The molecule has 1 aliphatic heterocycles. The maximum absolute atomic E-state index is 12.5. The number of fused-ring (bicyclic) bond motifs is 2. The van der Waals surface area contributed by atoms with Gasteiger partial charge in [0, 0.05) is 43.8 Å². The van der Waals surface area contributed by atoms with Gasteiger partial charge in [0.25, 0.3) is 0 Å². The number of nitrogens with zero attached hydrogens (tertiary/aromatic N) is 2. The van der Waals surface area contributed by atoms with Gasteiger partial charge in [0.15, 0.2) is 0 Å². The monoisotopic (exact) mass is 333 g/mol. The lowest BCUT2D eigenvalue weighted by Crippen LogP contribution is -2.33. The first-order valence-corrected chi connectivity index (χ1v) is 8.29. The van der Waals surface area contributed by atoms with E-state index in [1.54, 1.807) is 0 Å². The minimum atomic E-state index is 0. The van der Waals surface area contributed by atoms with Gasteiger partial charge >= 0.3 is 0 Å². The van der Waals surface area contributed by atoms with Crippen LogP contribution in [-0.2, 0) is 11.3 Å². The second kappa shape index (κ2) is 6.54. The number of nitrogens with two attached hydrogens (primary N) is 1. The van der Waals surface area contributed by atoms with E-state index in [2.05, 4.69) is 29.0 Å². The van der Waals surface area contributed by atoms with Gasteiger partial charge in [0.2, 0.25) is 5.91 Å². The number of aryl methyl sites for hydroxylation is 1. The van der Waals surface area contributed by atoms with Crippen LogP contribution in [0.1, 0.15) is 19.3 Å². The van der Waals surface area contributed by atoms with Gasteiger partial charge in [-0.2, -0.15) is 0 Å². The van der Waals surface area contributed by atoms with Gasteiger partial charge in [-0.15, -0.1) is 12.4 Å². The highest BCUT2D eigenvalue weighted by Gasteiger charge is 2.42. The molecule has 2 aliphatic rings. The fourth-order valence-electron chi connectivity index (χ4n) is 4.22. The van der Waals surface area contributed by atoms with Crippen LogP contribution in [0.3, 0.4) is 0 Å². The Morgan fingerprint density at radius 1 is 1.17 bits per heavy atom. The average Bonchev–Trinajstić information content (AvgIpc) is 3.21. The summed E-state index contributed by atoms with van der Waals surface area (Å²) in [6, 6.07) is 10.7. The van der Waals surface area contributed by atoms with Crippen molar-refractivity contribution in [2.45, 2.75) is 31.8 Å². The molecule has 4 nitrogen and oxygen atoms in total. The van der Waals surface area contributed by atoms with Crippen LogP contribution >= 0.6 is 12.4 Å². The molecule has 23 heavy (non-hydrogen) atoms. The Kier molecular flexibility index (Phi) is 4.64.